The third-order valence-electron chi connectivity index (χ3n) is 4.29. The van der Waals surface area contributed by atoms with Gasteiger partial charge in [0.05, 0.1) is 13.3 Å². The van der Waals surface area contributed by atoms with E-state index >= 15 is 0 Å². The van der Waals surface area contributed by atoms with Crippen LogP contribution in [0.15, 0.2) is 77.9 Å². The SMILES string of the molecule is COc1ccc(C=NNC(N)=S)cc1COc1ccccc1Cc1ccccc1. The molecule has 0 aliphatic carbocycles. The van der Waals surface area contributed by atoms with Crippen LogP contribution in [0.2, 0.25) is 0 Å². The maximum Gasteiger partial charge on any atom is 0.184 e. The standard InChI is InChI=1S/C23H23N3O2S/c1-27-21-12-11-18(15-25-26-23(24)29)14-20(21)16-28-22-10-6-5-9-19(22)13-17-7-3-2-4-8-17/h2-12,14-15H,13,16H2,1H3,(H3,24,26,29). The molecule has 3 N–H and O–H groups in total. The highest BCUT2D eigenvalue weighted by Gasteiger charge is 2.08. The molecule has 148 valence electrons. The quantitative estimate of drug-likeness (QED) is 0.336. The van der Waals surface area contributed by atoms with Crippen molar-refractivity contribution < 1.29 is 9.47 Å². The number of hydrogen-bond acceptors (Lipinski definition) is 4. The molecule has 0 bridgehead atoms. The van der Waals surface area contributed by atoms with E-state index in [1.807, 2.05) is 54.6 Å². The molecule has 3 aromatic rings. The molecular weight excluding hydrogens is 382 g/mol. The maximum atomic E-state index is 6.15. The summed E-state index contributed by atoms with van der Waals surface area (Å²) < 4.78 is 11.6. The van der Waals surface area contributed by atoms with Gasteiger partial charge in [0.15, 0.2) is 5.11 Å². The van der Waals surface area contributed by atoms with E-state index < -0.39 is 0 Å². The fourth-order valence-corrected chi connectivity index (χ4v) is 2.98. The zero-order valence-corrected chi connectivity index (χ0v) is 17.0. The van der Waals surface area contributed by atoms with Crippen LogP contribution in [0.25, 0.3) is 0 Å². The van der Waals surface area contributed by atoms with Crippen LogP contribution in [-0.2, 0) is 13.0 Å². The van der Waals surface area contributed by atoms with E-state index in [2.05, 4.69) is 28.7 Å². The zero-order chi connectivity index (χ0) is 20.5. The molecule has 0 heterocycles. The molecule has 0 saturated heterocycles. The minimum absolute atomic E-state index is 0.119. The van der Waals surface area contributed by atoms with Gasteiger partial charge in [0, 0.05) is 12.0 Å². The van der Waals surface area contributed by atoms with Crippen LogP contribution in [-0.4, -0.2) is 18.4 Å². The Labute approximate surface area is 176 Å². The van der Waals surface area contributed by atoms with Gasteiger partial charge in [-0.3, -0.25) is 5.43 Å². The lowest BCUT2D eigenvalue weighted by Gasteiger charge is -2.14. The number of nitrogens with two attached hydrogens (primary N) is 1. The second-order valence-corrected chi connectivity index (χ2v) is 6.80. The number of hydrazone groups is 1. The molecular formula is C23H23N3O2S. The fraction of sp³-hybridized carbons (Fsp3) is 0.130. The lowest BCUT2D eigenvalue weighted by atomic mass is 10.0. The monoisotopic (exact) mass is 405 g/mol. The summed E-state index contributed by atoms with van der Waals surface area (Å²) in [5, 5.41) is 4.11. The third kappa shape index (κ3) is 6.05. The number of benzene rings is 3. The van der Waals surface area contributed by atoms with Gasteiger partial charge in [-0.05, 0) is 53.2 Å². The molecule has 0 aliphatic heterocycles. The highest BCUT2D eigenvalue weighted by Crippen LogP contribution is 2.25. The topological polar surface area (TPSA) is 68.9 Å². The number of nitrogens with zero attached hydrogens (tertiary/aromatic N) is 1. The smallest absolute Gasteiger partial charge is 0.184 e. The van der Waals surface area contributed by atoms with Crippen molar-refractivity contribution in [2.75, 3.05) is 7.11 Å². The van der Waals surface area contributed by atoms with Crippen LogP contribution in [0, 0.1) is 0 Å². The van der Waals surface area contributed by atoms with Crippen molar-refractivity contribution in [2.45, 2.75) is 13.0 Å². The van der Waals surface area contributed by atoms with E-state index in [0.29, 0.717) is 6.61 Å². The second-order valence-electron chi connectivity index (χ2n) is 6.36. The molecule has 0 saturated carbocycles. The third-order valence-corrected chi connectivity index (χ3v) is 4.38. The van der Waals surface area contributed by atoms with Crippen molar-refractivity contribution >= 4 is 23.5 Å². The Hall–Kier alpha value is -3.38. The van der Waals surface area contributed by atoms with Crippen LogP contribution in [0.3, 0.4) is 0 Å². The van der Waals surface area contributed by atoms with Crippen LogP contribution in [0.5, 0.6) is 11.5 Å². The van der Waals surface area contributed by atoms with E-state index in [1.165, 1.54) is 5.56 Å². The van der Waals surface area contributed by atoms with Gasteiger partial charge in [-0.25, -0.2) is 0 Å². The molecule has 0 aliphatic rings. The Bertz CT molecular complexity index is 990. The molecule has 29 heavy (non-hydrogen) atoms. The average molecular weight is 406 g/mol. The minimum Gasteiger partial charge on any atom is -0.496 e. The van der Waals surface area contributed by atoms with Gasteiger partial charge < -0.3 is 15.2 Å². The molecule has 3 rings (SSSR count). The second kappa shape index (κ2) is 10.2. The number of nitrogens with one attached hydrogen (secondary N) is 1. The molecule has 0 radical (unpaired) electrons. The van der Waals surface area contributed by atoms with Crippen LogP contribution < -0.4 is 20.6 Å². The molecule has 3 aromatic carbocycles. The lowest BCUT2D eigenvalue weighted by molar-refractivity contribution is 0.294. The summed E-state index contributed by atoms with van der Waals surface area (Å²) in [7, 11) is 1.64. The van der Waals surface area contributed by atoms with Crippen molar-refractivity contribution in [2.24, 2.45) is 10.8 Å². The summed E-state index contributed by atoms with van der Waals surface area (Å²) in [5.41, 5.74) is 12.1. The van der Waals surface area contributed by atoms with E-state index in [-0.39, 0.29) is 5.11 Å². The number of thiocarbonyl (C=S) groups is 1. The molecule has 0 aromatic heterocycles. The van der Waals surface area contributed by atoms with Crippen molar-refractivity contribution in [1.82, 2.24) is 5.43 Å². The molecule has 0 atom stereocenters. The fourth-order valence-electron chi connectivity index (χ4n) is 2.92. The van der Waals surface area contributed by atoms with Gasteiger partial charge in [0.1, 0.15) is 18.1 Å². The molecule has 0 spiro atoms. The van der Waals surface area contributed by atoms with E-state index in [0.717, 1.165) is 34.6 Å². The van der Waals surface area contributed by atoms with Gasteiger partial charge >= 0.3 is 0 Å². The highest BCUT2D eigenvalue weighted by molar-refractivity contribution is 7.80. The van der Waals surface area contributed by atoms with Crippen molar-refractivity contribution in [3.63, 3.8) is 0 Å². The predicted molar refractivity (Wildman–Crippen MR) is 121 cm³/mol. The minimum atomic E-state index is 0.119. The van der Waals surface area contributed by atoms with E-state index in [9.17, 15) is 0 Å². The molecule has 0 unspecified atom stereocenters. The molecule has 0 fully saturated rings. The van der Waals surface area contributed by atoms with E-state index in [1.54, 1.807) is 13.3 Å². The summed E-state index contributed by atoms with van der Waals surface area (Å²) in [4.78, 5) is 0. The first kappa shape index (κ1) is 20.4. The summed E-state index contributed by atoms with van der Waals surface area (Å²) in [5.74, 6) is 1.61. The van der Waals surface area contributed by atoms with E-state index in [4.69, 9.17) is 27.4 Å². The maximum absolute atomic E-state index is 6.15. The average Bonchev–Trinajstić information content (AvgIpc) is 2.74. The first-order valence-electron chi connectivity index (χ1n) is 9.16. The first-order chi connectivity index (χ1) is 14.2. The van der Waals surface area contributed by atoms with Gasteiger partial charge in [-0.1, -0.05) is 48.5 Å². The highest BCUT2D eigenvalue weighted by atomic mass is 32.1. The van der Waals surface area contributed by atoms with Gasteiger partial charge in [0.2, 0.25) is 0 Å². The Morgan fingerprint density at radius 2 is 1.76 bits per heavy atom. The Morgan fingerprint density at radius 1 is 1.00 bits per heavy atom. The largest absolute Gasteiger partial charge is 0.496 e. The summed E-state index contributed by atoms with van der Waals surface area (Å²) in [6, 6.07) is 24.2. The molecule has 5 nitrogen and oxygen atoms in total. The Balaban J connectivity index is 1.75. The summed E-state index contributed by atoms with van der Waals surface area (Å²) in [6.45, 7) is 0.374. The number of methoxy groups -OCH3 is 1. The predicted octanol–water partition coefficient (Wildman–Crippen LogP) is 4.03. The number of ether oxygens (including phenoxy) is 2. The van der Waals surface area contributed by atoms with Crippen LogP contribution in [0.4, 0.5) is 0 Å². The Morgan fingerprint density at radius 3 is 2.52 bits per heavy atom. The van der Waals surface area contributed by atoms with Gasteiger partial charge in [-0.15, -0.1) is 0 Å². The summed E-state index contributed by atoms with van der Waals surface area (Å²) >= 11 is 4.74. The van der Waals surface area contributed by atoms with Crippen LogP contribution >= 0.6 is 12.2 Å². The molecule has 6 heteroatoms. The number of rotatable bonds is 8. The van der Waals surface area contributed by atoms with Crippen LogP contribution in [0.1, 0.15) is 22.3 Å². The van der Waals surface area contributed by atoms with Crippen molar-refractivity contribution in [3.8, 4) is 11.5 Å². The number of para-hydroxylation sites is 1. The number of hydrogen-bond donors (Lipinski definition) is 2. The normalized spacial score (nSPS) is 10.7. The van der Waals surface area contributed by atoms with Gasteiger partial charge in [-0.2, -0.15) is 5.10 Å². The first-order valence-corrected chi connectivity index (χ1v) is 9.56. The lowest BCUT2D eigenvalue weighted by Crippen LogP contribution is -2.24. The van der Waals surface area contributed by atoms with Gasteiger partial charge in [0.25, 0.3) is 0 Å². The molecule has 0 amide bonds. The summed E-state index contributed by atoms with van der Waals surface area (Å²) in [6.07, 6.45) is 2.46. The zero-order valence-electron chi connectivity index (χ0n) is 16.2. The Kier molecular flexibility index (Phi) is 7.19. The van der Waals surface area contributed by atoms with Crippen molar-refractivity contribution in [1.29, 1.82) is 0 Å². The van der Waals surface area contributed by atoms with Crippen molar-refractivity contribution in [3.05, 3.63) is 95.1 Å².